The first-order valence-corrected chi connectivity index (χ1v) is 10.7. The largest absolute Gasteiger partial charge is 0.314 e. The van der Waals surface area contributed by atoms with E-state index in [1.807, 2.05) is 30.3 Å². The molecule has 0 aliphatic carbocycles. The molecule has 1 spiro atoms. The summed E-state index contributed by atoms with van der Waals surface area (Å²) in [6.45, 7) is 4.71. The quantitative estimate of drug-likeness (QED) is 0.667. The van der Waals surface area contributed by atoms with Gasteiger partial charge >= 0.3 is 0 Å². The van der Waals surface area contributed by atoms with E-state index in [4.69, 9.17) is 11.6 Å². The highest BCUT2D eigenvalue weighted by Crippen LogP contribution is 2.52. The van der Waals surface area contributed by atoms with Gasteiger partial charge in [-0.1, -0.05) is 49.7 Å². The van der Waals surface area contributed by atoms with Crippen molar-refractivity contribution in [1.29, 1.82) is 0 Å². The Hall–Kier alpha value is -3.12. The zero-order chi connectivity index (χ0) is 21.9. The fraction of sp³-hybridized carbons (Fsp3) is 0.292. The molecule has 2 amide bonds. The van der Waals surface area contributed by atoms with Crippen LogP contribution < -0.4 is 10.2 Å². The Balaban J connectivity index is 1.67. The Morgan fingerprint density at radius 3 is 2.58 bits per heavy atom. The smallest absolute Gasteiger partial charge is 0.242 e. The molecule has 3 heterocycles. The Morgan fingerprint density at radius 1 is 1.13 bits per heavy atom. The van der Waals surface area contributed by atoms with E-state index in [0.29, 0.717) is 23.3 Å². The number of likely N-dealkylation sites (N-methyl/N-ethyl adjacent to an activating group) is 1. The number of amides is 2. The van der Waals surface area contributed by atoms with Gasteiger partial charge < -0.3 is 10.2 Å². The maximum atomic E-state index is 13.6. The summed E-state index contributed by atoms with van der Waals surface area (Å²) >= 11 is 6.00. The highest BCUT2D eigenvalue weighted by molar-refractivity contribution is 6.30. The average Bonchev–Trinajstić information content (AvgIpc) is 3.23. The van der Waals surface area contributed by atoms with E-state index in [-0.39, 0.29) is 18.2 Å². The number of nitrogens with one attached hydrogen (secondary N) is 1. The first kappa shape index (κ1) is 19.8. The molecule has 0 bridgehead atoms. The number of fused-ring (bicyclic) bond motifs is 4. The number of carbonyl (C=O) groups is 2. The maximum absolute atomic E-state index is 13.6. The van der Waals surface area contributed by atoms with Gasteiger partial charge in [-0.2, -0.15) is 5.10 Å². The van der Waals surface area contributed by atoms with Crippen molar-refractivity contribution in [2.75, 3.05) is 17.3 Å². The van der Waals surface area contributed by atoms with Crippen molar-refractivity contribution >= 4 is 34.9 Å². The van der Waals surface area contributed by atoms with Crippen LogP contribution >= 0.6 is 11.6 Å². The topological polar surface area (TPSA) is 67.2 Å². The minimum atomic E-state index is -1.05. The third-order valence-corrected chi connectivity index (χ3v) is 6.66. The van der Waals surface area contributed by atoms with Crippen LogP contribution in [0.4, 0.5) is 11.5 Å². The Bertz CT molecular complexity index is 1210. The van der Waals surface area contributed by atoms with Crippen molar-refractivity contribution in [3.63, 3.8) is 0 Å². The predicted octanol–water partition coefficient (Wildman–Crippen LogP) is 4.31. The summed E-state index contributed by atoms with van der Waals surface area (Å²) in [7, 11) is 1.77. The van der Waals surface area contributed by atoms with E-state index in [1.54, 1.807) is 22.8 Å². The number of halogens is 1. The lowest BCUT2D eigenvalue weighted by Crippen LogP contribution is -2.45. The van der Waals surface area contributed by atoms with Crippen LogP contribution in [0.25, 0.3) is 0 Å². The summed E-state index contributed by atoms with van der Waals surface area (Å²) in [5, 5.41) is 8.18. The summed E-state index contributed by atoms with van der Waals surface area (Å²) in [5.74, 6) is 0.615. The summed E-state index contributed by atoms with van der Waals surface area (Å²) in [6.07, 6.45) is 1.80. The van der Waals surface area contributed by atoms with Gasteiger partial charge in [-0.05, 0) is 40.8 Å². The molecular formula is C24H23ClN4O2. The SMILES string of the molecule is CC(C)c1ccc2c(c1)[C@@]1(CC(=O)Nc3c1cnn3Cc1ccc(Cl)cc1)C(=O)N2C. The van der Waals surface area contributed by atoms with Crippen LogP contribution in [0.1, 0.15) is 48.4 Å². The normalized spacial score (nSPS) is 19.7. The number of nitrogens with zero attached hydrogens (tertiary/aromatic N) is 3. The summed E-state index contributed by atoms with van der Waals surface area (Å²) in [6, 6.07) is 13.6. The second kappa shape index (κ2) is 6.95. The zero-order valence-corrected chi connectivity index (χ0v) is 18.4. The van der Waals surface area contributed by atoms with Crippen LogP contribution in [0.2, 0.25) is 5.02 Å². The van der Waals surface area contributed by atoms with Gasteiger partial charge in [0, 0.05) is 29.7 Å². The van der Waals surface area contributed by atoms with Crippen molar-refractivity contribution in [1.82, 2.24) is 9.78 Å². The lowest BCUT2D eigenvalue weighted by molar-refractivity contribution is -0.126. The summed E-state index contributed by atoms with van der Waals surface area (Å²) < 4.78 is 1.74. The van der Waals surface area contributed by atoms with Gasteiger partial charge in [0.2, 0.25) is 11.8 Å². The Kier molecular flexibility index (Phi) is 4.45. The number of anilines is 2. The molecule has 2 aromatic carbocycles. The van der Waals surface area contributed by atoms with Crippen molar-refractivity contribution in [2.45, 2.75) is 38.1 Å². The molecule has 7 heteroatoms. The first-order chi connectivity index (χ1) is 14.8. The molecule has 31 heavy (non-hydrogen) atoms. The van der Waals surface area contributed by atoms with E-state index >= 15 is 0 Å². The maximum Gasteiger partial charge on any atom is 0.242 e. The Labute approximate surface area is 185 Å². The molecule has 0 fully saturated rings. The van der Waals surface area contributed by atoms with Gasteiger partial charge in [0.15, 0.2) is 0 Å². The molecule has 0 saturated heterocycles. The van der Waals surface area contributed by atoms with Gasteiger partial charge in [0.1, 0.15) is 11.2 Å². The van der Waals surface area contributed by atoms with Crippen molar-refractivity contribution < 1.29 is 9.59 Å². The van der Waals surface area contributed by atoms with Crippen LogP contribution in [0.5, 0.6) is 0 Å². The first-order valence-electron chi connectivity index (χ1n) is 10.3. The summed E-state index contributed by atoms with van der Waals surface area (Å²) in [4.78, 5) is 28.2. The van der Waals surface area contributed by atoms with Crippen molar-refractivity contribution in [2.24, 2.45) is 0 Å². The zero-order valence-electron chi connectivity index (χ0n) is 17.6. The number of carbonyl (C=O) groups excluding carboxylic acids is 2. The van der Waals surface area contributed by atoms with Crippen LogP contribution in [-0.4, -0.2) is 28.6 Å². The lowest BCUT2D eigenvalue weighted by atomic mass is 9.71. The fourth-order valence-corrected chi connectivity index (χ4v) is 4.84. The number of benzene rings is 2. The van der Waals surface area contributed by atoms with Crippen LogP contribution in [-0.2, 0) is 21.5 Å². The second-order valence-corrected chi connectivity index (χ2v) is 9.05. The minimum Gasteiger partial charge on any atom is -0.314 e. The van der Waals surface area contributed by atoms with Crippen LogP contribution in [0.3, 0.4) is 0 Å². The third kappa shape index (κ3) is 2.89. The highest BCUT2D eigenvalue weighted by atomic mass is 35.5. The van der Waals surface area contributed by atoms with E-state index in [9.17, 15) is 9.59 Å². The Morgan fingerprint density at radius 2 is 1.87 bits per heavy atom. The van der Waals surface area contributed by atoms with Crippen molar-refractivity contribution in [3.05, 3.63) is 75.9 Å². The molecule has 2 aliphatic rings. The van der Waals surface area contributed by atoms with Gasteiger partial charge in [-0.3, -0.25) is 9.59 Å². The molecule has 0 unspecified atom stereocenters. The standard InChI is InChI=1S/C24H23ClN4O2/c1-14(2)16-6-9-20-18(10-16)24(23(31)28(20)3)11-21(30)27-22-19(24)12-26-29(22)13-15-4-7-17(25)8-5-15/h4-10,12,14H,11,13H2,1-3H3,(H,27,30)/t24-/m1/s1. The van der Waals surface area contributed by atoms with Crippen LogP contribution in [0.15, 0.2) is 48.7 Å². The van der Waals surface area contributed by atoms with E-state index in [2.05, 4.69) is 36.4 Å². The highest BCUT2D eigenvalue weighted by Gasteiger charge is 2.56. The minimum absolute atomic E-state index is 0.0738. The number of hydrogen-bond donors (Lipinski definition) is 1. The van der Waals surface area contributed by atoms with Gasteiger partial charge in [0.25, 0.3) is 0 Å². The summed E-state index contributed by atoms with van der Waals surface area (Å²) in [5.41, 5.74) is 3.57. The predicted molar refractivity (Wildman–Crippen MR) is 121 cm³/mol. The molecule has 1 N–H and O–H groups in total. The molecule has 1 aromatic heterocycles. The number of aromatic nitrogens is 2. The molecule has 0 saturated carbocycles. The lowest BCUT2D eigenvalue weighted by Gasteiger charge is -2.32. The molecule has 2 aliphatic heterocycles. The average molecular weight is 435 g/mol. The van der Waals surface area contributed by atoms with E-state index < -0.39 is 5.41 Å². The second-order valence-electron chi connectivity index (χ2n) is 8.62. The third-order valence-electron chi connectivity index (χ3n) is 6.41. The molecule has 3 aromatic rings. The van der Waals surface area contributed by atoms with E-state index in [0.717, 1.165) is 27.9 Å². The molecule has 158 valence electrons. The van der Waals surface area contributed by atoms with Gasteiger partial charge in [-0.15, -0.1) is 0 Å². The molecule has 5 rings (SSSR count). The number of hydrogen-bond acceptors (Lipinski definition) is 3. The van der Waals surface area contributed by atoms with Gasteiger partial charge in [-0.25, -0.2) is 4.68 Å². The monoisotopic (exact) mass is 434 g/mol. The molecule has 6 nitrogen and oxygen atoms in total. The van der Waals surface area contributed by atoms with E-state index in [1.165, 1.54) is 0 Å². The van der Waals surface area contributed by atoms with Gasteiger partial charge in [0.05, 0.1) is 12.7 Å². The molecular weight excluding hydrogens is 412 g/mol. The number of rotatable bonds is 3. The van der Waals surface area contributed by atoms with Crippen molar-refractivity contribution in [3.8, 4) is 0 Å². The fourth-order valence-electron chi connectivity index (χ4n) is 4.71. The molecule has 1 atom stereocenters. The van der Waals surface area contributed by atoms with Crippen LogP contribution in [0, 0.1) is 0 Å². The molecule has 0 radical (unpaired) electrons.